The van der Waals surface area contributed by atoms with E-state index in [0.717, 1.165) is 11.1 Å². The van der Waals surface area contributed by atoms with E-state index in [-0.39, 0.29) is 18.0 Å². The molecule has 2 rings (SSSR count). The number of hydrogen-bond donors (Lipinski definition) is 2. The van der Waals surface area contributed by atoms with Gasteiger partial charge in [0.15, 0.2) is 0 Å². The molecule has 124 valence electrons. The summed E-state index contributed by atoms with van der Waals surface area (Å²) in [7, 11) is -2.25. The zero-order valence-electron chi connectivity index (χ0n) is 13.2. The fourth-order valence-corrected chi connectivity index (χ4v) is 3.20. The van der Waals surface area contributed by atoms with E-state index in [1.165, 1.54) is 13.2 Å². The van der Waals surface area contributed by atoms with Gasteiger partial charge in [0.25, 0.3) is 0 Å². The zero-order chi connectivity index (χ0) is 16.9. The second kappa shape index (κ2) is 7.23. The maximum atomic E-state index is 12.4. The SMILES string of the molecule is COC(C)(CO)CNS(=O)(=O)c1cccc(-c2ccccc2)c1. The Balaban J connectivity index is 2.24. The van der Waals surface area contributed by atoms with Crippen LogP contribution in [-0.2, 0) is 14.8 Å². The molecule has 5 nitrogen and oxygen atoms in total. The summed E-state index contributed by atoms with van der Waals surface area (Å²) in [6.07, 6.45) is 0. The number of rotatable bonds is 7. The molecule has 0 heterocycles. The molecule has 0 aliphatic rings. The van der Waals surface area contributed by atoms with Gasteiger partial charge in [0.1, 0.15) is 5.60 Å². The first-order valence-corrected chi connectivity index (χ1v) is 8.70. The van der Waals surface area contributed by atoms with Crippen LogP contribution in [0.25, 0.3) is 11.1 Å². The minimum absolute atomic E-state index is 0.0160. The summed E-state index contributed by atoms with van der Waals surface area (Å²) in [5.41, 5.74) is 0.816. The number of nitrogens with one attached hydrogen (secondary N) is 1. The Hall–Kier alpha value is -1.73. The summed E-state index contributed by atoms with van der Waals surface area (Å²) in [5, 5.41) is 9.29. The molecule has 0 saturated carbocycles. The molecule has 0 radical (unpaired) electrons. The van der Waals surface area contributed by atoms with Gasteiger partial charge in [-0.1, -0.05) is 42.5 Å². The van der Waals surface area contributed by atoms with Crippen LogP contribution >= 0.6 is 0 Å². The summed E-state index contributed by atoms with van der Waals surface area (Å²) >= 11 is 0. The molecule has 0 saturated heterocycles. The van der Waals surface area contributed by atoms with Crippen molar-refractivity contribution in [1.82, 2.24) is 4.72 Å². The third-order valence-electron chi connectivity index (χ3n) is 3.71. The van der Waals surface area contributed by atoms with E-state index in [1.807, 2.05) is 36.4 Å². The zero-order valence-corrected chi connectivity index (χ0v) is 14.0. The van der Waals surface area contributed by atoms with Gasteiger partial charge in [-0.2, -0.15) is 0 Å². The van der Waals surface area contributed by atoms with E-state index < -0.39 is 15.6 Å². The number of hydrogen-bond acceptors (Lipinski definition) is 4. The van der Waals surface area contributed by atoms with Gasteiger partial charge in [-0.05, 0) is 30.2 Å². The molecule has 2 N–H and O–H groups in total. The van der Waals surface area contributed by atoms with Crippen LogP contribution in [0.5, 0.6) is 0 Å². The highest BCUT2D eigenvalue weighted by Crippen LogP contribution is 2.22. The topological polar surface area (TPSA) is 75.6 Å². The minimum atomic E-state index is -3.69. The average Bonchev–Trinajstić information content (AvgIpc) is 2.61. The van der Waals surface area contributed by atoms with Gasteiger partial charge in [0, 0.05) is 13.7 Å². The van der Waals surface area contributed by atoms with E-state index >= 15 is 0 Å². The van der Waals surface area contributed by atoms with Crippen molar-refractivity contribution in [3.8, 4) is 11.1 Å². The fourth-order valence-electron chi connectivity index (χ4n) is 2.00. The van der Waals surface area contributed by atoms with Crippen molar-refractivity contribution >= 4 is 10.0 Å². The van der Waals surface area contributed by atoms with Gasteiger partial charge in [-0.25, -0.2) is 13.1 Å². The van der Waals surface area contributed by atoms with Gasteiger partial charge in [-0.3, -0.25) is 0 Å². The Morgan fingerprint density at radius 2 is 1.74 bits per heavy atom. The molecule has 2 aromatic rings. The van der Waals surface area contributed by atoms with Crippen molar-refractivity contribution in [2.75, 3.05) is 20.3 Å². The molecule has 2 aromatic carbocycles. The van der Waals surface area contributed by atoms with Crippen LogP contribution in [-0.4, -0.2) is 39.4 Å². The quantitative estimate of drug-likeness (QED) is 0.812. The first kappa shape index (κ1) is 17.6. The van der Waals surface area contributed by atoms with Crippen molar-refractivity contribution in [2.24, 2.45) is 0 Å². The first-order valence-electron chi connectivity index (χ1n) is 7.21. The van der Waals surface area contributed by atoms with E-state index in [0.29, 0.717) is 0 Å². The lowest BCUT2D eigenvalue weighted by molar-refractivity contribution is -0.0325. The molecule has 0 amide bonds. The molecule has 0 bridgehead atoms. The Morgan fingerprint density at radius 3 is 2.35 bits per heavy atom. The van der Waals surface area contributed by atoms with Crippen LogP contribution in [0.4, 0.5) is 0 Å². The minimum Gasteiger partial charge on any atom is -0.393 e. The van der Waals surface area contributed by atoms with Crippen LogP contribution in [0.2, 0.25) is 0 Å². The number of ether oxygens (including phenoxy) is 1. The van der Waals surface area contributed by atoms with Gasteiger partial charge in [-0.15, -0.1) is 0 Å². The van der Waals surface area contributed by atoms with Crippen molar-refractivity contribution in [3.05, 3.63) is 54.6 Å². The number of sulfonamides is 1. The van der Waals surface area contributed by atoms with Crippen LogP contribution in [0.3, 0.4) is 0 Å². The van der Waals surface area contributed by atoms with Crippen LogP contribution in [0.1, 0.15) is 6.92 Å². The molecular formula is C17H21NO4S. The molecule has 1 unspecified atom stereocenters. The Bertz CT molecular complexity index is 740. The molecule has 0 fully saturated rings. The van der Waals surface area contributed by atoms with Crippen molar-refractivity contribution in [2.45, 2.75) is 17.4 Å². The lowest BCUT2D eigenvalue weighted by atomic mass is 10.1. The summed E-state index contributed by atoms with van der Waals surface area (Å²) < 4.78 is 32.5. The van der Waals surface area contributed by atoms with Crippen molar-refractivity contribution in [3.63, 3.8) is 0 Å². The molecule has 0 aliphatic carbocycles. The lowest BCUT2D eigenvalue weighted by Gasteiger charge is -2.25. The molecule has 1 atom stereocenters. The summed E-state index contributed by atoms with van der Waals surface area (Å²) in [5.74, 6) is 0. The third kappa shape index (κ3) is 4.39. The maximum Gasteiger partial charge on any atom is 0.240 e. The summed E-state index contributed by atoms with van der Waals surface area (Å²) in [6, 6.07) is 16.3. The standard InChI is InChI=1S/C17H21NO4S/c1-17(13-19,22-2)12-18-23(20,21)16-10-6-9-15(11-16)14-7-4-3-5-8-14/h3-11,18-19H,12-13H2,1-2H3. The van der Waals surface area contributed by atoms with E-state index in [9.17, 15) is 13.5 Å². The van der Waals surface area contributed by atoms with Crippen molar-refractivity contribution < 1.29 is 18.3 Å². The second-order valence-electron chi connectivity index (χ2n) is 5.53. The predicted molar refractivity (Wildman–Crippen MR) is 89.6 cm³/mol. The Morgan fingerprint density at radius 1 is 1.09 bits per heavy atom. The second-order valence-corrected chi connectivity index (χ2v) is 7.30. The molecule has 0 aromatic heterocycles. The molecular weight excluding hydrogens is 314 g/mol. The number of methoxy groups -OCH3 is 1. The molecule has 6 heteroatoms. The number of aliphatic hydroxyl groups excluding tert-OH is 1. The molecule has 23 heavy (non-hydrogen) atoms. The molecule has 0 aliphatic heterocycles. The van der Waals surface area contributed by atoms with E-state index in [2.05, 4.69) is 4.72 Å². The normalized spacial score (nSPS) is 14.4. The van der Waals surface area contributed by atoms with Gasteiger partial charge >= 0.3 is 0 Å². The van der Waals surface area contributed by atoms with E-state index in [4.69, 9.17) is 4.74 Å². The Kier molecular flexibility index (Phi) is 5.54. The fraction of sp³-hybridized carbons (Fsp3) is 0.294. The lowest BCUT2D eigenvalue weighted by Crippen LogP contribution is -2.44. The third-order valence-corrected chi connectivity index (χ3v) is 5.11. The molecule has 0 spiro atoms. The largest absolute Gasteiger partial charge is 0.393 e. The smallest absolute Gasteiger partial charge is 0.240 e. The highest BCUT2D eigenvalue weighted by Gasteiger charge is 2.26. The van der Waals surface area contributed by atoms with Crippen LogP contribution in [0.15, 0.2) is 59.5 Å². The Labute approximate surface area is 137 Å². The van der Waals surface area contributed by atoms with Crippen molar-refractivity contribution in [1.29, 1.82) is 0 Å². The maximum absolute atomic E-state index is 12.4. The van der Waals surface area contributed by atoms with Gasteiger partial charge in [0.05, 0.1) is 11.5 Å². The van der Waals surface area contributed by atoms with E-state index in [1.54, 1.807) is 19.1 Å². The number of aliphatic hydroxyl groups is 1. The van der Waals surface area contributed by atoms with Gasteiger partial charge in [0.2, 0.25) is 10.0 Å². The highest BCUT2D eigenvalue weighted by molar-refractivity contribution is 7.89. The van der Waals surface area contributed by atoms with Crippen LogP contribution in [0, 0.1) is 0 Å². The predicted octanol–water partition coefficient (Wildman–Crippen LogP) is 2.03. The monoisotopic (exact) mass is 335 g/mol. The average molecular weight is 335 g/mol. The highest BCUT2D eigenvalue weighted by atomic mass is 32.2. The number of benzene rings is 2. The van der Waals surface area contributed by atoms with Gasteiger partial charge < -0.3 is 9.84 Å². The summed E-state index contributed by atoms with van der Waals surface area (Å²) in [6.45, 7) is 1.34. The summed E-state index contributed by atoms with van der Waals surface area (Å²) in [4.78, 5) is 0.176. The van der Waals surface area contributed by atoms with Crippen LogP contribution < -0.4 is 4.72 Å². The first-order chi connectivity index (χ1) is 10.9.